The van der Waals surface area contributed by atoms with Crippen molar-refractivity contribution in [2.24, 2.45) is 0 Å². The maximum absolute atomic E-state index is 13.5. The van der Waals surface area contributed by atoms with Crippen molar-refractivity contribution in [1.82, 2.24) is 9.80 Å². The fraction of sp³-hybridized carbons (Fsp3) is 0.519. The first-order chi connectivity index (χ1) is 17.3. The van der Waals surface area contributed by atoms with Gasteiger partial charge in [0.1, 0.15) is 5.75 Å². The van der Waals surface area contributed by atoms with Crippen molar-refractivity contribution in [3.05, 3.63) is 64.7 Å². The Labute approximate surface area is 214 Å². The number of hydrogen-bond acceptors (Lipinski definition) is 3. The van der Waals surface area contributed by atoms with Crippen molar-refractivity contribution >= 4 is 5.91 Å². The Balaban J connectivity index is 2.42. The molecule has 0 radical (unpaired) electrons. The summed E-state index contributed by atoms with van der Waals surface area (Å²) in [5, 5.41) is 0. The van der Waals surface area contributed by atoms with E-state index in [0.717, 1.165) is 19.6 Å². The van der Waals surface area contributed by atoms with E-state index in [1.165, 1.54) is 4.90 Å². The second-order valence-corrected chi connectivity index (χ2v) is 8.82. The number of amides is 1. The highest BCUT2D eigenvalue weighted by Crippen LogP contribution is 2.37. The van der Waals surface area contributed by atoms with Crippen molar-refractivity contribution in [1.29, 1.82) is 0 Å². The van der Waals surface area contributed by atoms with Gasteiger partial charge in [0.05, 0.1) is 17.7 Å². The Morgan fingerprint density at radius 3 is 1.89 bits per heavy atom. The first kappa shape index (κ1) is 30.5. The Morgan fingerprint density at radius 2 is 1.43 bits per heavy atom. The van der Waals surface area contributed by atoms with Crippen LogP contribution in [0.15, 0.2) is 42.5 Å². The van der Waals surface area contributed by atoms with Crippen LogP contribution in [0.2, 0.25) is 0 Å². The highest BCUT2D eigenvalue weighted by Gasteiger charge is 2.38. The lowest BCUT2D eigenvalue weighted by atomic mass is 10.0. The second kappa shape index (κ2) is 13.2. The summed E-state index contributed by atoms with van der Waals surface area (Å²) in [7, 11) is 0. The van der Waals surface area contributed by atoms with Crippen molar-refractivity contribution in [2.45, 2.75) is 65.5 Å². The zero-order valence-corrected chi connectivity index (χ0v) is 21.5. The highest BCUT2D eigenvalue weighted by atomic mass is 19.4. The van der Waals surface area contributed by atoms with Gasteiger partial charge in [-0.25, -0.2) is 0 Å². The monoisotopic (exact) mass is 532 g/mol. The van der Waals surface area contributed by atoms with Crippen LogP contribution in [-0.4, -0.2) is 48.0 Å². The van der Waals surface area contributed by atoms with Gasteiger partial charge in [0.15, 0.2) is 0 Å². The molecule has 0 aromatic heterocycles. The smallest absolute Gasteiger partial charge is 0.416 e. The Kier molecular flexibility index (Phi) is 10.8. The molecule has 10 heteroatoms. The van der Waals surface area contributed by atoms with E-state index < -0.39 is 41.0 Å². The summed E-state index contributed by atoms with van der Waals surface area (Å²) in [4.78, 5) is 17.0. The summed E-state index contributed by atoms with van der Waals surface area (Å²) >= 11 is 0. The third-order valence-corrected chi connectivity index (χ3v) is 6.21. The van der Waals surface area contributed by atoms with Gasteiger partial charge in [-0.1, -0.05) is 26.0 Å². The molecule has 1 unspecified atom stereocenters. The summed E-state index contributed by atoms with van der Waals surface area (Å²) in [6.07, 6.45) is -8.83. The van der Waals surface area contributed by atoms with Gasteiger partial charge in [-0.05, 0) is 82.2 Å². The summed E-state index contributed by atoms with van der Waals surface area (Å²) < 4.78 is 85.9. The number of alkyl halides is 6. The molecule has 206 valence electrons. The zero-order chi connectivity index (χ0) is 27.8. The molecule has 0 bridgehead atoms. The van der Waals surface area contributed by atoms with E-state index in [-0.39, 0.29) is 12.6 Å². The van der Waals surface area contributed by atoms with E-state index in [4.69, 9.17) is 4.74 Å². The number of hydrogen-bond donors (Lipinski definition) is 0. The van der Waals surface area contributed by atoms with Gasteiger partial charge in [0.2, 0.25) is 0 Å². The van der Waals surface area contributed by atoms with Gasteiger partial charge < -0.3 is 14.5 Å². The maximum Gasteiger partial charge on any atom is 0.416 e. The number of rotatable bonds is 12. The third kappa shape index (κ3) is 8.94. The number of benzene rings is 2. The average molecular weight is 533 g/mol. The number of carbonyl (C=O) groups excluding carboxylic acids is 1. The molecule has 0 heterocycles. The summed E-state index contributed by atoms with van der Waals surface area (Å²) in [5.74, 6) is -0.273. The topological polar surface area (TPSA) is 32.8 Å². The van der Waals surface area contributed by atoms with Crippen LogP contribution in [0.25, 0.3) is 0 Å². The van der Waals surface area contributed by atoms with Crippen LogP contribution in [0, 0.1) is 0 Å². The molecule has 2 aromatic rings. The minimum Gasteiger partial charge on any atom is -0.494 e. The van der Waals surface area contributed by atoms with Crippen molar-refractivity contribution in [3.8, 4) is 5.75 Å². The third-order valence-electron chi connectivity index (χ3n) is 6.21. The Hall–Kier alpha value is -2.75. The molecule has 2 rings (SSSR count). The normalized spacial score (nSPS) is 13.1. The van der Waals surface area contributed by atoms with Crippen LogP contribution >= 0.6 is 0 Å². The fourth-order valence-electron chi connectivity index (χ4n) is 4.03. The lowest BCUT2D eigenvalue weighted by molar-refractivity contribution is -0.143. The van der Waals surface area contributed by atoms with Gasteiger partial charge in [0.25, 0.3) is 5.91 Å². The molecule has 0 saturated heterocycles. The van der Waals surface area contributed by atoms with Crippen LogP contribution in [0.1, 0.15) is 67.6 Å². The fourth-order valence-corrected chi connectivity index (χ4v) is 4.03. The molecule has 0 N–H and O–H groups in total. The van der Waals surface area contributed by atoms with E-state index in [2.05, 4.69) is 4.90 Å². The van der Waals surface area contributed by atoms with E-state index in [0.29, 0.717) is 42.9 Å². The quantitative estimate of drug-likeness (QED) is 0.270. The number of ether oxygens (including phenoxy) is 1. The Morgan fingerprint density at radius 1 is 0.892 bits per heavy atom. The second-order valence-electron chi connectivity index (χ2n) is 8.82. The van der Waals surface area contributed by atoms with Crippen molar-refractivity contribution in [2.75, 3.05) is 26.2 Å². The largest absolute Gasteiger partial charge is 0.494 e. The summed E-state index contributed by atoms with van der Waals surface area (Å²) in [6.45, 7) is 10.6. The van der Waals surface area contributed by atoms with Crippen LogP contribution in [-0.2, 0) is 18.9 Å². The molecule has 37 heavy (non-hydrogen) atoms. The van der Waals surface area contributed by atoms with Gasteiger partial charge in [0, 0.05) is 18.2 Å². The molecule has 2 aromatic carbocycles. The predicted molar refractivity (Wildman–Crippen MR) is 130 cm³/mol. The number of carbonyl (C=O) groups is 1. The molecule has 4 nitrogen and oxygen atoms in total. The van der Waals surface area contributed by atoms with Crippen LogP contribution in [0.4, 0.5) is 26.3 Å². The molecule has 0 aliphatic carbocycles. The zero-order valence-electron chi connectivity index (χ0n) is 21.5. The van der Waals surface area contributed by atoms with E-state index in [1.54, 1.807) is 31.2 Å². The minimum absolute atomic E-state index is 0.0231. The van der Waals surface area contributed by atoms with Crippen molar-refractivity contribution < 1.29 is 35.9 Å². The predicted octanol–water partition coefficient (Wildman–Crippen LogP) is 7.28. The Bertz CT molecular complexity index is 969. The molecule has 0 fully saturated rings. The number of halogens is 6. The van der Waals surface area contributed by atoms with Gasteiger partial charge in [-0.3, -0.25) is 4.79 Å². The first-order valence-corrected chi connectivity index (χ1v) is 12.3. The first-order valence-electron chi connectivity index (χ1n) is 12.3. The van der Waals surface area contributed by atoms with Crippen LogP contribution in [0.3, 0.4) is 0 Å². The van der Waals surface area contributed by atoms with Gasteiger partial charge in [-0.15, -0.1) is 0 Å². The standard InChI is InChI=1S/C27H34F6N2O2/c1-5-34(6-2)14-8-9-19(4)35(18-20-10-12-24(13-11-20)37-7-3)25(36)21-15-22(26(28,29)30)17-23(16-21)27(31,32)33/h10-13,15-17,19H,5-9,14,18H2,1-4H3. The molecule has 0 aliphatic rings. The molecule has 0 aliphatic heterocycles. The van der Waals surface area contributed by atoms with E-state index >= 15 is 0 Å². The lowest BCUT2D eigenvalue weighted by Crippen LogP contribution is -2.39. The van der Waals surface area contributed by atoms with E-state index in [1.807, 2.05) is 20.8 Å². The van der Waals surface area contributed by atoms with E-state index in [9.17, 15) is 31.1 Å². The van der Waals surface area contributed by atoms with Crippen LogP contribution < -0.4 is 4.74 Å². The average Bonchev–Trinajstić information content (AvgIpc) is 2.84. The summed E-state index contributed by atoms with van der Waals surface area (Å²) in [5.41, 5.74) is -3.00. The molecular weight excluding hydrogens is 498 g/mol. The molecule has 1 atom stereocenters. The minimum atomic E-state index is -5.04. The van der Waals surface area contributed by atoms with Gasteiger partial charge >= 0.3 is 12.4 Å². The van der Waals surface area contributed by atoms with Crippen LogP contribution in [0.5, 0.6) is 5.75 Å². The van der Waals surface area contributed by atoms with Gasteiger partial charge in [-0.2, -0.15) is 26.3 Å². The molecule has 0 saturated carbocycles. The number of nitrogens with zero attached hydrogens (tertiary/aromatic N) is 2. The SMILES string of the molecule is CCOc1ccc(CN(C(=O)c2cc(C(F)(F)F)cc(C(F)(F)F)c2)C(C)CCCN(CC)CC)cc1. The molecule has 1 amide bonds. The summed E-state index contributed by atoms with van der Waals surface area (Å²) in [6, 6.07) is 7.44. The van der Waals surface area contributed by atoms with Crippen molar-refractivity contribution in [3.63, 3.8) is 0 Å². The molecule has 0 spiro atoms. The maximum atomic E-state index is 13.5. The lowest BCUT2D eigenvalue weighted by Gasteiger charge is -2.31. The molecular formula is C27H34F6N2O2. The highest BCUT2D eigenvalue weighted by molar-refractivity contribution is 5.95.